The summed E-state index contributed by atoms with van der Waals surface area (Å²) in [6.07, 6.45) is 1.62. The van der Waals surface area contributed by atoms with Crippen molar-refractivity contribution < 1.29 is 14.6 Å². The summed E-state index contributed by atoms with van der Waals surface area (Å²) < 4.78 is 10.7. The number of methoxy groups -OCH3 is 2. The second-order valence-electron chi connectivity index (χ2n) is 8.06. The number of rotatable bonds is 9. The quantitative estimate of drug-likeness (QED) is 0.244. The molecule has 0 aliphatic carbocycles. The average molecular weight is 569 g/mol. The first-order valence-electron chi connectivity index (χ1n) is 11.3. The van der Waals surface area contributed by atoms with E-state index in [4.69, 9.17) is 14.5 Å². The molecule has 1 aliphatic rings. The molecule has 1 heterocycles. The van der Waals surface area contributed by atoms with Gasteiger partial charge in [0.05, 0.1) is 26.9 Å². The summed E-state index contributed by atoms with van der Waals surface area (Å²) >= 11 is 0. The van der Waals surface area contributed by atoms with E-state index in [0.717, 1.165) is 50.5 Å². The maximum absolute atomic E-state index is 9.66. The van der Waals surface area contributed by atoms with Crippen LogP contribution in [0.4, 0.5) is 0 Å². The fourth-order valence-corrected chi connectivity index (χ4v) is 3.78. The predicted octanol–water partition coefficient (Wildman–Crippen LogP) is 3.53. The van der Waals surface area contributed by atoms with Gasteiger partial charge in [0.1, 0.15) is 0 Å². The van der Waals surface area contributed by atoms with E-state index >= 15 is 0 Å². The van der Waals surface area contributed by atoms with Crippen molar-refractivity contribution in [1.82, 2.24) is 15.5 Å². The molecule has 1 saturated heterocycles. The smallest absolute Gasteiger partial charge is 0.191 e. The number of aliphatic imine (C=N–C) groups is 1. The van der Waals surface area contributed by atoms with Crippen LogP contribution in [0.5, 0.6) is 11.5 Å². The van der Waals surface area contributed by atoms with Gasteiger partial charge in [-0.25, -0.2) is 4.99 Å². The lowest BCUT2D eigenvalue weighted by molar-refractivity contribution is 0.0792. The second kappa shape index (κ2) is 14.3. The number of ether oxygens (including phenoxy) is 2. The van der Waals surface area contributed by atoms with Crippen LogP contribution in [-0.4, -0.2) is 55.9 Å². The minimum atomic E-state index is -0.126. The summed E-state index contributed by atoms with van der Waals surface area (Å²) in [6.45, 7) is 6.96. The lowest BCUT2D eigenvalue weighted by Gasteiger charge is -2.29. The average Bonchev–Trinajstić information content (AvgIpc) is 2.83. The van der Waals surface area contributed by atoms with Gasteiger partial charge >= 0.3 is 0 Å². The number of aliphatic hydroxyl groups is 1. The van der Waals surface area contributed by atoms with E-state index in [0.29, 0.717) is 24.6 Å². The molecule has 33 heavy (non-hydrogen) atoms. The zero-order valence-corrected chi connectivity index (χ0v) is 22.2. The molecule has 0 spiro atoms. The van der Waals surface area contributed by atoms with Crippen molar-refractivity contribution in [1.29, 1.82) is 0 Å². The van der Waals surface area contributed by atoms with Gasteiger partial charge in [-0.2, -0.15) is 0 Å². The molecule has 0 bridgehead atoms. The van der Waals surface area contributed by atoms with Gasteiger partial charge in [-0.15, -0.1) is 24.0 Å². The molecule has 3 N–H and O–H groups in total. The number of piperidine rings is 1. The predicted molar refractivity (Wildman–Crippen MR) is 144 cm³/mol. The summed E-state index contributed by atoms with van der Waals surface area (Å²) in [5.41, 5.74) is 3.56. The number of nitrogens with one attached hydrogen (secondary N) is 2. The Bertz CT molecular complexity index is 868. The highest BCUT2D eigenvalue weighted by atomic mass is 127. The first-order chi connectivity index (χ1) is 15.6. The van der Waals surface area contributed by atoms with Gasteiger partial charge in [0.15, 0.2) is 17.5 Å². The van der Waals surface area contributed by atoms with Crippen LogP contribution in [0.3, 0.4) is 0 Å². The number of benzene rings is 2. The van der Waals surface area contributed by atoms with Gasteiger partial charge in [-0.3, -0.25) is 4.90 Å². The Morgan fingerprint density at radius 3 is 2.24 bits per heavy atom. The van der Waals surface area contributed by atoms with Crippen LogP contribution in [0.15, 0.2) is 47.5 Å². The topological polar surface area (TPSA) is 78.4 Å². The van der Waals surface area contributed by atoms with Crippen LogP contribution >= 0.6 is 24.0 Å². The van der Waals surface area contributed by atoms with Gasteiger partial charge in [-0.05, 0) is 48.6 Å². The number of hydrogen-bond acceptors (Lipinski definition) is 5. The van der Waals surface area contributed by atoms with Crippen molar-refractivity contribution in [2.75, 3.05) is 33.9 Å². The van der Waals surface area contributed by atoms with Gasteiger partial charge in [0, 0.05) is 32.7 Å². The third kappa shape index (κ3) is 8.68. The molecule has 3 rings (SSSR count). The van der Waals surface area contributed by atoms with Gasteiger partial charge < -0.3 is 25.2 Å². The maximum atomic E-state index is 9.66. The minimum Gasteiger partial charge on any atom is -0.493 e. The molecular formula is C25H37IN4O3. The van der Waals surface area contributed by atoms with E-state index in [-0.39, 0.29) is 30.1 Å². The van der Waals surface area contributed by atoms with Gasteiger partial charge in [-0.1, -0.05) is 30.3 Å². The van der Waals surface area contributed by atoms with Crippen molar-refractivity contribution in [3.63, 3.8) is 0 Å². The Morgan fingerprint density at radius 2 is 1.61 bits per heavy atom. The van der Waals surface area contributed by atoms with Gasteiger partial charge in [0.2, 0.25) is 0 Å². The molecule has 182 valence electrons. The molecule has 7 nitrogen and oxygen atoms in total. The Labute approximate surface area is 214 Å². The molecule has 0 saturated carbocycles. The zero-order valence-electron chi connectivity index (χ0n) is 19.8. The Kier molecular flexibility index (Phi) is 11.8. The number of likely N-dealkylation sites (tertiary alicyclic amines) is 1. The van der Waals surface area contributed by atoms with Crippen LogP contribution in [0.2, 0.25) is 0 Å². The van der Waals surface area contributed by atoms with E-state index in [1.807, 2.05) is 18.2 Å². The van der Waals surface area contributed by atoms with Crippen molar-refractivity contribution in [3.8, 4) is 11.5 Å². The third-order valence-electron chi connectivity index (χ3n) is 5.66. The fourth-order valence-electron chi connectivity index (χ4n) is 3.78. The third-order valence-corrected chi connectivity index (χ3v) is 5.66. The highest BCUT2D eigenvalue weighted by molar-refractivity contribution is 14.0. The molecule has 1 fully saturated rings. The molecule has 0 unspecified atom stereocenters. The largest absolute Gasteiger partial charge is 0.493 e. The summed E-state index contributed by atoms with van der Waals surface area (Å²) in [7, 11) is 3.27. The van der Waals surface area contributed by atoms with Crippen LogP contribution < -0.4 is 20.1 Å². The Morgan fingerprint density at radius 1 is 0.970 bits per heavy atom. The van der Waals surface area contributed by atoms with Crippen molar-refractivity contribution in [3.05, 3.63) is 59.2 Å². The highest BCUT2D eigenvalue weighted by Gasteiger charge is 2.16. The molecule has 2 aromatic carbocycles. The summed E-state index contributed by atoms with van der Waals surface area (Å²) in [5, 5.41) is 16.4. The monoisotopic (exact) mass is 568 g/mol. The van der Waals surface area contributed by atoms with Crippen LogP contribution in [0.25, 0.3) is 0 Å². The summed E-state index contributed by atoms with van der Waals surface area (Å²) in [4.78, 5) is 7.11. The second-order valence-corrected chi connectivity index (χ2v) is 8.06. The molecule has 0 amide bonds. The SMILES string of the molecule is CCNC(=NCc1ccc(OC)c(OC)c1)NCc1ccc(CN2CCC(O)CC2)cc1.I. The first kappa shape index (κ1) is 27.2. The number of halogens is 1. The molecule has 2 aromatic rings. The normalized spacial score (nSPS) is 15.0. The molecule has 1 aliphatic heterocycles. The Hall–Kier alpha value is -2.04. The van der Waals surface area contributed by atoms with Crippen LogP contribution in [0.1, 0.15) is 36.5 Å². The van der Waals surface area contributed by atoms with E-state index in [2.05, 4.69) is 46.7 Å². The fraction of sp³-hybridized carbons (Fsp3) is 0.480. The molecule has 0 atom stereocenters. The van der Waals surface area contributed by atoms with Crippen molar-refractivity contribution in [2.45, 2.75) is 45.5 Å². The lowest BCUT2D eigenvalue weighted by atomic mass is 10.1. The first-order valence-corrected chi connectivity index (χ1v) is 11.3. The van der Waals surface area contributed by atoms with Gasteiger partial charge in [0.25, 0.3) is 0 Å². The van der Waals surface area contributed by atoms with Crippen LogP contribution in [-0.2, 0) is 19.6 Å². The van der Waals surface area contributed by atoms with E-state index in [1.54, 1.807) is 14.2 Å². The number of aliphatic hydroxyl groups excluding tert-OH is 1. The highest BCUT2D eigenvalue weighted by Crippen LogP contribution is 2.27. The minimum absolute atomic E-state index is 0. The van der Waals surface area contributed by atoms with E-state index in [1.165, 1.54) is 11.1 Å². The Balaban J connectivity index is 0.00000385. The lowest BCUT2D eigenvalue weighted by Crippen LogP contribution is -2.36. The molecule has 8 heteroatoms. The standard InChI is InChI=1S/C25H36N4O3.HI/c1-4-26-25(28-17-21-9-10-23(31-2)24(15-21)32-3)27-16-19-5-7-20(8-6-19)18-29-13-11-22(30)12-14-29;/h5-10,15,22,30H,4,11-14,16-18H2,1-3H3,(H2,26,27,28);1H. The molecule has 0 aromatic heterocycles. The summed E-state index contributed by atoms with van der Waals surface area (Å²) in [6, 6.07) is 14.6. The maximum Gasteiger partial charge on any atom is 0.191 e. The van der Waals surface area contributed by atoms with E-state index < -0.39 is 0 Å². The zero-order chi connectivity index (χ0) is 22.8. The summed E-state index contributed by atoms with van der Waals surface area (Å²) in [5.74, 6) is 2.20. The van der Waals surface area contributed by atoms with E-state index in [9.17, 15) is 5.11 Å². The number of guanidine groups is 1. The van der Waals surface area contributed by atoms with Crippen molar-refractivity contribution in [2.24, 2.45) is 4.99 Å². The number of nitrogens with zero attached hydrogens (tertiary/aromatic N) is 2. The molecular weight excluding hydrogens is 531 g/mol. The van der Waals surface area contributed by atoms with Crippen molar-refractivity contribution >= 4 is 29.9 Å². The van der Waals surface area contributed by atoms with Crippen LogP contribution in [0, 0.1) is 0 Å². The number of hydrogen-bond donors (Lipinski definition) is 3. The molecule has 0 radical (unpaired) electrons.